The Bertz CT molecular complexity index is 7940. The largest absolute Gasteiger partial charge is 0.208 e. The third kappa shape index (κ3) is 10.9. The predicted octanol–water partition coefficient (Wildman–Crippen LogP) is 29.2. The molecule has 0 spiro atoms. The monoisotopic (exact) mass is 1480 g/mol. The van der Waals surface area contributed by atoms with Crippen LogP contribution in [0.2, 0.25) is 0 Å². The van der Waals surface area contributed by atoms with Gasteiger partial charge in [0.05, 0.1) is 0 Å². The molecule has 114 heavy (non-hydrogen) atoms. The second kappa shape index (κ2) is 26.6. The molecule has 4 heterocycles. The Morgan fingerprint density at radius 1 is 0.140 bits per heavy atom. The zero-order valence-electron chi connectivity index (χ0n) is 61.3. The van der Waals surface area contributed by atoms with Crippen LogP contribution in [0.4, 0.5) is 0 Å². The minimum atomic E-state index is 0.598. The van der Waals surface area contributed by atoms with Gasteiger partial charge >= 0.3 is 0 Å². The molecule has 19 aromatic carbocycles. The van der Waals surface area contributed by atoms with Crippen molar-refractivity contribution in [3.63, 3.8) is 0 Å². The Morgan fingerprint density at radius 2 is 0.509 bits per heavy atom. The second-order valence-electron chi connectivity index (χ2n) is 29.4. The summed E-state index contributed by atoms with van der Waals surface area (Å²) >= 11 is 3.57. The molecular weight excluding hydrogens is 1420 g/mol. The van der Waals surface area contributed by atoms with Crippen molar-refractivity contribution in [3.05, 3.63) is 376 Å². The van der Waals surface area contributed by atoms with Gasteiger partial charge in [-0.2, -0.15) is 0 Å². The first-order valence-corrected chi connectivity index (χ1v) is 40.2. The second-order valence-corrected chi connectivity index (χ2v) is 31.6. The molecule has 0 aliphatic heterocycles. The first kappa shape index (κ1) is 65.4. The molecule has 0 aliphatic rings. The van der Waals surface area contributed by atoms with Crippen molar-refractivity contribution >= 4 is 138 Å². The minimum absolute atomic E-state index is 0.598. The van der Waals surface area contributed by atoms with E-state index in [-0.39, 0.29) is 0 Å². The van der Waals surface area contributed by atoms with Crippen LogP contribution in [0.3, 0.4) is 0 Å². The van der Waals surface area contributed by atoms with Crippen molar-refractivity contribution in [2.75, 3.05) is 0 Å². The normalized spacial score (nSPS) is 11.9. The van der Waals surface area contributed by atoms with E-state index >= 15 is 0 Å². The van der Waals surface area contributed by atoms with Gasteiger partial charge in [-0.15, -0.1) is 22.7 Å². The summed E-state index contributed by atoms with van der Waals surface area (Å²) in [6.07, 6.45) is 0. The van der Waals surface area contributed by atoms with Crippen molar-refractivity contribution in [3.8, 4) is 124 Å². The van der Waals surface area contributed by atoms with Crippen LogP contribution < -0.4 is 0 Å². The molecule has 0 saturated heterocycles. The van der Waals surface area contributed by atoms with Gasteiger partial charge < -0.3 is 0 Å². The van der Waals surface area contributed by atoms with Crippen LogP contribution in [0.1, 0.15) is 0 Å². The van der Waals surface area contributed by atoms with Crippen molar-refractivity contribution in [2.24, 2.45) is 0 Å². The number of fused-ring (bicyclic) bond motifs is 15. The number of hydrogen-bond donors (Lipinski definition) is 0. The number of benzene rings is 19. The molecule has 0 saturated carbocycles. The molecule has 0 bridgehead atoms. The quantitative estimate of drug-likeness (QED) is 0.120. The van der Waals surface area contributed by atoms with Gasteiger partial charge in [-0.05, 0) is 198 Å². The molecule has 8 heteroatoms. The molecule has 0 aliphatic carbocycles. The van der Waals surface area contributed by atoms with Gasteiger partial charge in [-0.1, -0.05) is 309 Å². The van der Waals surface area contributed by atoms with E-state index in [0.29, 0.717) is 34.9 Å². The Morgan fingerprint density at radius 3 is 1.15 bits per heavy atom. The van der Waals surface area contributed by atoms with Crippen molar-refractivity contribution in [1.82, 2.24) is 29.9 Å². The van der Waals surface area contributed by atoms with Crippen LogP contribution in [0, 0.1) is 0 Å². The van der Waals surface area contributed by atoms with Crippen LogP contribution in [-0.2, 0) is 0 Å². The lowest BCUT2D eigenvalue weighted by Gasteiger charge is -2.16. The summed E-state index contributed by atoms with van der Waals surface area (Å²) in [7, 11) is 0. The molecule has 4 aromatic heterocycles. The molecular formula is C106H62N6S2. The van der Waals surface area contributed by atoms with Gasteiger partial charge in [0.25, 0.3) is 0 Å². The van der Waals surface area contributed by atoms with Crippen molar-refractivity contribution < 1.29 is 0 Å². The van der Waals surface area contributed by atoms with E-state index in [2.05, 4.69) is 376 Å². The fourth-order valence-electron chi connectivity index (χ4n) is 17.6. The smallest absolute Gasteiger partial charge is 0.165 e. The molecule has 528 valence electrons. The highest BCUT2D eigenvalue weighted by atomic mass is 32.1. The number of nitrogens with zero attached hydrogens (tertiary/aromatic N) is 6. The van der Waals surface area contributed by atoms with Crippen LogP contribution >= 0.6 is 22.7 Å². The van der Waals surface area contributed by atoms with E-state index < -0.39 is 0 Å². The molecule has 6 nitrogen and oxygen atoms in total. The lowest BCUT2D eigenvalue weighted by Crippen LogP contribution is -2.01. The van der Waals surface area contributed by atoms with Crippen LogP contribution in [0.5, 0.6) is 0 Å². The predicted molar refractivity (Wildman–Crippen MR) is 481 cm³/mol. The lowest BCUT2D eigenvalue weighted by atomic mass is 9.89. The van der Waals surface area contributed by atoms with Crippen LogP contribution in [0.25, 0.3) is 240 Å². The van der Waals surface area contributed by atoms with E-state index in [9.17, 15) is 0 Å². The van der Waals surface area contributed by atoms with E-state index in [4.69, 9.17) is 29.9 Å². The van der Waals surface area contributed by atoms with Gasteiger partial charge in [0.15, 0.2) is 34.9 Å². The summed E-state index contributed by atoms with van der Waals surface area (Å²) in [4.78, 5) is 32.9. The molecule has 0 amide bonds. The fraction of sp³-hybridized carbons (Fsp3) is 0. The summed E-state index contributed by atoms with van der Waals surface area (Å²) in [6, 6.07) is 136. The third-order valence-electron chi connectivity index (χ3n) is 23.0. The van der Waals surface area contributed by atoms with Gasteiger partial charge in [0.1, 0.15) is 0 Å². The molecule has 0 atom stereocenters. The SMILES string of the molecule is c1ccc(-c2ccc(-c3nc(-c4ccc(-c5ccc6cccc(-c7ccc8sc9c(-c%10nc(-c%11cccc(-c%12cc%13ccccc%13c%13ccccc%12%13)c%11)nc(-c%11ccc(-c%12cc%13ccccc%13c%13ccccc%12%13)c%12ccccc%11%12)n%10)cccc9c8c7)c6c5)cc4)nc(-c4cccc5c4sc4ccccc45)n3)c3ccccc23)cc1. The van der Waals surface area contributed by atoms with E-state index in [1.165, 1.54) is 79.6 Å². The topological polar surface area (TPSA) is 77.3 Å². The number of thiophene rings is 2. The summed E-state index contributed by atoms with van der Waals surface area (Å²) in [6.45, 7) is 0. The zero-order chi connectivity index (χ0) is 74.9. The highest BCUT2D eigenvalue weighted by Gasteiger charge is 2.24. The standard InChI is InChI=1S/C106H62N6S2/c1-2-22-64(23-3-1)76-53-55-89(81-35-12-8-33-79(76)81)103-107-101(108-105(111-103)91-43-20-41-87-86-39-16-17-45-97(86)113-99(87)91)66-49-46-63(47-50-66)67-51-48-65-26-19-40-75(93(65)59-67)71-52-57-98-96(62-71)88-42-21-44-92(100(88)114-98)106-110-102(72-28-18-27-68(58-72)94-60-69-24-4-6-29-73(69)77-31-9-14-37-83(77)94)109-104(112-106)90-56-54-85(80-34-11-13-36-82(80)90)95-61-70-25-5-7-30-74(70)78-32-10-15-38-84(78)95/h1-62H. The van der Waals surface area contributed by atoms with Crippen molar-refractivity contribution in [2.45, 2.75) is 0 Å². The summed E-state index contributed by atoms with van der Waals surface area (Å²) in [5.74, 6) is 3.68. The average molecular weight is 1480 g/mol. The zero-order valence-corrected chi connectivity index (χ0v) is 62.9. The number of hydrogen-bond acceptors (Lipinski definition) is 8. The molecule has 0 N–H and O–H groups in total. The van der Waals surface area contributed by atoms with Crippen LogP contribution in [-0.4, -0.2) is 29.9 Å². The first-order chi connectivity index (χ1) is 56.5. The highest BCUT2D eigenvalue weighted by molar-refractivity contribution is 7.26. The third-order valence-corrected chi connectivity index (χ3v) is 25.4. The maximum absolute atomic E-state index is 5.61. The first-order valence-electron chi connectivity index (χ1n) is 38.5. The van der Waals surface area contributed by atoms with Crippen LogP contribution in [0.15, 0.2) is 376 Å². The Kier molecular flexibility index (Phi) is 15.3. The lowest BCUT2D eigenvalue weighted by molar-refractivity contribution is 1.08. The number of rotatable bonds is 11. The van der Waals surface area contributed by atoms with Crippen molar-refractivity contribution in [1.29, 1.82) is 0 Å². The summed E-state index contributed by atoms with van der Waals surface area (Å²) in [5.41, 5.74) is 17.0. The molecule has 0 radical (unpaired) electrons. The molecule has 0 fully saturated rings. The summed E-state index contributed by atoms with van der Waals surface area (Å²) in [5, 5.41) is 21.2. The van der Waals surface area contributed by atoms with Gasteiger partial charge in [-0.25, -0.2) is 29.9 Å². The number of aromatic nitrogens is 6. The van der Waals surface area contributed by atoms with E-state index in [1.807, 2.05) is 0 Å². The Hall–Kier alpha value is -14.5. The Labute approximate surface area is 663 Å². The summed E-state index contributed by atoms with van der Waals surface area (Å²) < 4.78 is 4.67. The Balaban J connectivity index is 0.629. The van der Waals surface area contributed by atoms with E-state index in [0.717, 1.165) is 125 Å². The van der Waals surface area contributed by atoms with Gasteiger partial charge in [0, 0.05) is 73.7 Å². The highest BCUT2D eigenvalue weighted by Crippen LogP contribution is 2.48. The van der Waals surface area contributed by atoms with E-state index in [1.54, 1.807) is 22.7 Å². The molecule has 0 unspecified atom stereocenters. The minimum Gasteiger partial charge on any atom is -0.208 e. The maximum Gasteiger partial charge on any atom is 0.165 e. The maximum atomic E-state index is 5.61. The fourth-order valence-corrected chi connectivity index (χ4v) is 20.0. The molecule has 23 aromatic rings. The van der Waals surface area contributed by atoms with Gasteiger partial charge in [0.2, 0.25) is 0 Å². The molecule has 23 rings (SSSR count). The average Bonchev–Trinajstić information content (AvgIpc) is 0.947. The van der Waals surface area contributed by atoms with Gasteiger partial charge in [-0.3, -0.25) is 0 Å².